The first-order valence-electron chi connectivity index (χ1n) is 8.23. The van der Waals surface area contributed by atoms with E-state index in [0.29, 0.717) is 5.92 Å². The fourth-order valence-electron chi connectivity index (χ4n) is 3.00. The Morgan fingerprint density at radius 3 is 2.61 bits per heavy atom. The molecule has 1 aromatic heterocycles. The summed E-state index contributed by atoms with van der Waals surface area (Å²) < 4.78 is 1.02. The van der Waals surface area contributed by atoms with Gasteiger partial charge in [0.2, 0.25) is 0 Å². The number of aldehydes is 1. The third-order valence-corrected chi connectivity index (χ3v) is 4.77. The average Bonchev–Trinajstić information content (AvgIpc) is 2.85. The zero-order chi connectivity index (χ0) is 16.8. The Morgan fingerprint density at radius 2 is 2.00 bits per heavy atom. The van der Waals surface area contributed by atoms with Crippen molar-refractivity contribution in [2.75, 3.05) is 37.9 Å². The number of carbonyl (C=O) groups excluding carboxylic acids is 1. The molecule has 1 unspecified atom stereocenters. The van der Waals surface area contributed by atoms with Crippen molar-refractivity contribution in [3.8, 4) is 0 Å². The Labute approximate surface area is 152 Å². The van der Waals surface area contributed by atoms with Crippen LogP contribution in [0.2, 0.25) is 0 Å². The summed E-state index contributed by atoms with van der Waals surface area (Å²) in [6.45, 7) is 0.919. The fourth-order valence-corrected chi connectivity index (χ4v) is 3.56. The molecular weight excluding hydrogens is 397 g/mol. The summed E-state index contributed by atoms with van der Waals surface area (Å²) in [6, 6.07) is 0. The number of anilines is 2. The Hall–Kier alpha value is -0.891. The van der Waals surface area contributed by atoms with Gasteiger partial charge in [0.15, 0.2) is 0 Å². The van der Waals surface area contributed by atoms with Crippen molar-refractivity contribution >= 4 is 44.2 Å². The summed E-state index contributed by atoms with van der Waals surface area (Å²) in [5.41, 5.74) is 0. The summed E-state index contributed by atoms with van der Waals surface area (Å²) in [4.78, 5) is 24.3. The van der Waals surface area contributed by atoms with Crippen molar-refractivity contribution in [3.63, 3.8) is 0 Å². The second kappa shape index (κ2) is 8.82. The van der Waals surface area contributed by atoms with E-state index in [0.717, 1.165) is 50.7 Å². The summed E-state index contributed by atoms with van der Waals surface area (Å²) >= 11 is 0.952. The van der Waals surface area contributed by atoms with Crippen molar-refractivity contribution in [2.24, 2.45) is 5.92 Å². The van der Waals surface area contributed by atoms with E-state index in [1.165, 1.54) is 32.1 Å². The van der Waals surface area contributed by atoms with E-state index in [1.807, 2.05) is 26.0 Å². The summed E-state index contributed by atoms with van der Waals surface area (Å²) in [7, 11) is 6.00. The van der Waals surface area contributed by atoms with E-state index in [9.17, 15) is 4.79 Å². The molecule has 0 bridgehead atoms. The van der Waals surface area contributed by atoms with Crippen LogP contribution in [-0.2, 0) is 4.79 Å². The molecule has 23 heavy (non-hydrogen) atoms. The first-order valence-corrected chi connectivity index (χ1v) is 9.88. The molecule has 1 aliphatic carbocycles. The zero-order valence-electron chi connectivity index (χ0n) is 14.3. The Balaban J connectivity index is 0.000000433. The van der Waals surface area contributed by atoms with E-state index in [4.69, 9.17) is 0 Å². The molecule has 1 fully saturated rings. The molecule has 0 saturated heterocycles. The van der Waals surface area contributed by atoms with E-state index in [2.05, 4.69) is 20.2 Å². The minimum atomic E-state index is -0.292. The van der Waals surface area contributed by atoms with Crippen molar-refractivity contribution in [1.29, 1.82) is 0 Å². The van der Waals surface area contributed by atoms with Gasteiger partial charge in [-0.25, -0.2) is 0 Å². The molecule has 6 nitrogen and oxygen atoms in total. The summed E-state index contributed by atoms with van der Waals surface area (Å²) in [5.74, 6) is 2.31. The van der Waals surface area contributed by atoms with Gasteiger partial charge in [0, 0.05) is 0 Å². The van der Waals surface area contributed by atoms with Crippen molar-refractivity contribution in [3.05, 3.63) is 6.20 Å². The number of rotatable bonds is 3. The van der Waals surface area contributed by atoms with Gasteiger partial charge in [-0.2, -0.15) is 0 Å². The van der Waals surface area contributed by atoms with Crippen molar-refractivity contribution < 1.29 is 4.79 Å². The second-order valence-electron chi connectivity index (χ2n) is 6.69. The first-order chi connectivity index (χ1) is 11.0. The van der Waals surface area contributed by atoms with Crippen molar-refractivity contribution in [1.82, 2.24) is 14.9 Å². The van der Waals surface area contributed by atoms with Crippen molar-refractivity contribution in [2.45, 2.75) is 38.3 Å². The number of nitrogens with one attached hydrogen (secondary N) is 1. The molecule has 1 N–H and O–H groups in total. The van der Waals surface area contributed by atoms with Crippen LogP contribution in [0.15, 0.2) is 6.20 Å². The Morgan fingerprint density at radius 1 is 1.35 bits per heavy atom. The predicted molar refractivity (Wildman–Crippen MR) is 95.8 cm³/mol. The SMILES string of the molecule is CN(C)C.O=CC1Nc2nc[c]([SnH])nc2N1CC1CCCCC1. The first kappa shape index (κ1) is 18.4. The molecular formula is C16H27N5OSn. The third-order valence-electron chi connectivity index (χ3n) is 3.97. The molecule has 2 heterocycles. The summed E-state index contributed by atoms with van der Waals surface area (Å²) in [5, 5.41) is 3.15. The van der Waals surface area contributed by atoms with Crippen LogP contribution in [0.25, 0.3) is 0 Å². The number of hydrogen-bond acceptors (Lipinski definition) is 6. The number of hydrogen-bond donors (Lipinski definition) is 1. The normalized spacial score (nSPS) is 20.6. The van der Waals surface area contributed by atoms with E-state index >= 15 is 0 Å². The van der Waals surface area contributed by atoms with E-state index in [-0.39, 0.29) is 6.17 Å². The average molecular weight is 424 g/mol. The third kappa shape index (κ3) is 5.31. The van der Waals surface area contributed by atoms with Gasteiger partial charge in [-0.1, -0.05) is 0 Å². The van der Waals surface area contributed by atoms with Crippen LogP contribution in [-0.4, -0.2) is 77.5 Å². The van der Waals surface area contributed by atoms with E-state index in [1.54, 1.807) is 6.20 Å². The summed E-state index contributed by atoms with van der Waals surface area (Å²) in [6.07, 6.45) is 8.98. The number of fused-ring (bicyclic) bond motifs is 1. The van der Waals surface area contributed by atoms with Crippen LogP contribution in [0.1, 0.15) is 32.1 Å². The quantitative estimate of drug-likeness (QED) is 0.564. The molecule has 3 rings (SSSR count). The van der Waals surface area contributed by atoms with Crippen LogP contribution in [0.5, 0.6) is 0 Å². The molecule has 1 saturated carbocycles. The van der Waals surface area contributed by atoms with Crippen LogP contribution in [0.3, 0.4) is 0 Å². The van der Waals surface area contributed by atoms with Crippen LogP contribution in [0.4, 0.5) is 11.6 Å². The van der Waals surface area contributed by atoms with E-state index < -0.39 is 0 Å². The molecule has 2 aliphatic rings. The van der Waals surface area contributed by atoms with Crippen LogP contribution < -0.4 is 13.9 Å². The molecule has 126 valence electrons. The maximum atomic E-state index is 11.3. The van der Waals surface area contributed by atoms with Crippen LogP contribution >= 0.6 is 0 Å². The fraction of sp³-hybridized carbons (Fsp3) is 0.688. The maximum absolute atomic E-state index is 11.3. The molecule has 1 aliphatic heterocycles. The van der Waals surface area contributed by atoms with Gasteiger partial charge < -0.3 is 4.90 Å². The number of aromatic nitrogens is 2. The zero-order valence-corrected chi connectivity index (χ0v) is 17.6. The predicted octanol–water partition coefficient (Wildman–Crippen LogP) is 0.518. The molecule has 0 aromatic carbocycles. The Bertz CT molecular complexity index is 516. The minimum absolute atomic E-state index is 0.292. The second-order valence-corrected chi connectivity index (χ2v) is 8.38. The molecule has 1 aromatic rings. The topological polar surface area (TPSA) is 61.4 Å². The molecule has 1 atom stereocenters. The number of nitrogens with zero attached hydrogens (tertiary/aromatic N) is 4. The van der Waals surface area contributed by atoms with Gasteiger partial charge >= 0.3 is 126 Å². The van der Waals surface area contributed by atoms with Gasteiger partial charge in [-0.15, -0.1) is 0 Å². The van der Waals surface area contributed by atoms with Gasteiger partial charge in [0.1, 0.15) is 0 Å². The van der Waals surface area contributed by atoms with Crippen LogP contribution in [0, 0.1) is 5.92 Å². The molecule has 7 heteroatoms. The van der Waals surface area contributed by atoms with Gasteiger partial charge in [0.05, 0.1) is 0 Å². The Kier molecular flexibility index (Phi) is 7.07. The molecule has 2 radical (unpaired) electrons. The monoisotopic (exact) mass is 425 g/mol. The standard InChI is InChI=1S/C13H17N4O.C3H9N.Sn.H/c18-9-11-16-12-13(15-7-6-14-12)17(11)8-10-4-2-1-3-5-10;1-4(2)3;;/h6,9-11H,1-5,8H2,(H,14,16);1-3H3;;. The van der Waals surface area contributed by atoms with Gasteiger partial charge in [0.25, 0.3) is 0 Å². The molecule has 0 spiro atoms. The van der Waals surface area contributed by atoms with Gasteiger partial charge in [-0.05, 0) is 21.1 Å². The van der Waals surface area contributed by atoms with Gasteiger partial charge in [-0.3, -0.25) is 0 Å². The number of carbonyl (C=O) groups is 1. The molecule has 0 amide bonds.